The zero-order valence-corrected chi connectivity index (χ0v) is 57.1. The monoisotopic (exact) mass is 1380 g/mol. The number of imidazole rings is 5. The highest BCUT2D eigenvalue weighted by molar-refractivity contribution is 6.55. The molecule has 0 unspecified atom stereocenters. The second-order valence-corrected chi connectivity index (χ2v) is 25.4. The van der Waals surface area contributed by atoms with Crippen LogP contribution < -0.4 is 14.4 Å². The highest BCUT2D eigenvalue weighted by atomic mass is 16.5. The number of carbonyl (C=O) groups excluding carboxylic acids is 10. The number of aliphatic hydroxyl groups is 1. The fraction of sp³-hybridized carbons (Fsp3) is 0.218. The fourth-order valence-electron chi connectivity index (χ4n) is 12.8. The SMILES string of the molecule is CC(C)(O)c1nc2c([nH]1)C(=O)C(=O)c1ccccc1-2.CCC(CC)c1nc2c([nH]1)C(=O)C(=O)c1ccccc1-2.CCOc1nc2c(n1C)C(=O)C(=O)c1ccccc1-2.CN1CCN(c2nc3c([nH]2)C(=O)C(=O)c2ccccc2-3)CC1.O=C1C(=O)c2[nH]c(COc3ccccc3)nc2-c2ccccc21. The minimum Gasteiger partial charge on any atom is -0.486 e. The highest BCUT2D eigenvalue weighted by Gasteiger charge is 2.40. The van der Waals surface area contributed by atoms with Crippen molar-refractivity contribution in [3.8, 4) is 68.0 Å². The van der Waals surface area contributed by atoms with Gasteiger partial charge in [-0.3, -0.25) is 52.5 Å². The van der Waals surface area contributed by atoms with Crippen molar-refractivity contribution in [2.45, 2.75) is 65.6 Å². The number of Topliss-reactive ketones (excluding diaryl/α,β-unsaturated/α-hetero) is 10. The molecule has 0 saturated carbocycles. The van der Waals surface area contributed by atoms with Gasteiger partial charge in [0.1, 0.15) is 92.4 Å². The summed E-state index contributed by atoms with van der Waals surface area (Å²) in [5.74, 6) is -1.88. The Morgan fingerprint density at radius 1 is 0.417 bits per heavy atom. The molecule has 6 aliphatic rings. The molecule has 1 fully saturated rings. The van der Waals surface area contributed by atoms with Gasteiger partial charge >= 0.3 is 0 Å². The van der Waals surface area contributed by atoms with Crippen molar-refractivity contribution in [1.29, 1.82) is 0 Å². The summed E-state index contributed by atoms with van der Waals surface area (Å²) < 4.78 is 12.5. The number of nitrogens with one attached hydrogen (secondary N) is 4. The molecule has 0 bridgehead atoms. The van der Waals surface area contributed by atoms with E-state index in [2.05, 4.69) is 75.6 Å². The lowest BCUT2D eigenvalue weighted by atomic mass is 9.90. The maximum absolute atomic E-state index is 12.3. The molecule has 25 nitrogen and oxygen atoms in total. The highest BCUT2D eigenvalue weighted by Crippen LogP contribution is 2.39. The van der Waals surface area contributed by atoms with E-state index >= 15 is 0 Å². The van der Waals surface area contributed by atoms with E-state index in [1.165, 1.54) is 4.57 Å². The number of nitrogens with zero attached hydrogens (tertiary/aromatic N) is 8. The van der Waals surface area contributed by atoms with Crippen molar-refractivity contribution in [3.63, 3.8) is 0 Å². The molecule has 0 amide bonds. The van der Waals surface area contributed by atoms with Gasteiger partial charge in [0.2, 0.25) is 34.9 Å². The molecular formula is C78H68N12O13. The summed E-state index contributed by atoms with van der Waals surface area (Å²) >= 11 is 0. The number of benzene rings is 6. The standard InChI is InChI=1S/C18H12N2O3.C16H16N4O2.C16H16N2O2.2C14H12N2O3/c21-17-13-9-5-4-8-12(13)15-16(18(17)22)20-14(19-15)10-23-11-6-2-1-3-7-11;1-19-6-8-20(9-7-19)16-17-12-10-4-2-3-5-11(10)14(21)15(22)13(12)18-16;1-3-9(4-2)16-17-12-10-7-5-6-8-11(10)14(19)15(20)13(12)18-16;1-14(2,19)13-15-9-7-5-3-4-6-8(7)11(17)12(18)10(9)16-13;1-3-19-14-15-10-8-6-4-5-7-9(8)12(17)13(18)11(10)16(14)2/h1-9H,10H2,(H,19,20);2-5H,6-9H2,1H3,(H,17,18);5-9H,3-4H2,1-2H3,(H,17,18);3-6,19H,1-2H3,(H,15,16);4-7H,3H2,1-2H3. The minimum atomic E-state index is -1.20. The Balaban J connectivity index is 0.000000115. The van der Waals surface area contributed by atoms with Crippen molar-refractivity contribution in [3.05, 3.63) is 225 Å². The number of para-hydroxylation sites is 1. The number of likely N-dealkylation sites (N-methyl/N-ethyl adjacent to an activating group) is 1. The molecule has 0 spiro atoms. The molecule has 25 heteroatoms. The summed E-state index contributed by atoms with van der Waals surface area (Å²) in [6.07, 6.45) is 1.90. The van der Waals surface area contributed by atoms with E-state index in [1.54, 1.807) is 106 Å². The van der Waals surface area contributed by atoms with Crippen molar-refractivity contribution in [2.75, 3.05) is 44.7 Å². The second kappa shape index (κ2) is 28.2. The van der Waals surface area contributed by atoms with Crippen molar-refractivity contribution in [1.82, 2.24) is 54.3 Å². The first kappa shape index (κ1) is 68.9. The lowest BCUT2D eigenvalue weighted by Crippen LogP contribution is -2.44. The van der Waals surface area contributed by atoms with E-state index in [4.69, 9.17) is 9.47 Å². The number of ether oxygens (including phenoxy) is 2. The average molecular weight is 1380 g/mol. The van der Waals surface area contributed by atoms with Crippen molar-refractivity contribution < 1.29 is 62.5 Å². The average Bonchev–Trinajstić information content (AvgIpc) is 1.68. The molecule has 5 aromatic heterocycles. The Labute approximate surface area is 588 Å². The molecule has 518 valence electrons. The predicted octanol–water partition coefficient (Wildman–Crippen LogP) is 11.1. The molecule has 1 aliphatic heterocycles. The second-order valence-electron chi connectivity index (χ2n) is 25.4. The first-order chi connectivity index (χ1) is 49.6. The Bertz CT molecular complexity index is 5300. The van der Waals surface area contributed by atoms with Crippen LogP contribution in [0.2, 0.25) is 0 Å². The van der Waals surface area contributed by atoms with E-state index in [1.807, 2.05) is 73.7 Å². The van der Waals surface area contributed by atoms with Gasteiger partial charge in [-0.15, -0.1) is 0 Å². The van der Waals surface area contributed by atoms with Crippen LogP contribution in [0.3, 0.4) is 0 Å². The van der Waals surface area contributed by atoms with Gasteiger partial charge in [0.25, 0.3) is 34.9 Å². The number of aromatic nitrogens is 10. The Hall–Kier alpha value is -12.6. The van der Waals surface area contributed by atoms with E-state index < -0.39 is 63.4 Å². The number of anilines is 1. The first-order valence-electron chi connectivity index (χ1n) is 33.4. The van der Waals surface area contributed by atoms with Crippen LogP contribution in [0.15, 0.2) is 152 Å². The van der Waals surface area contributed by atoms with Gasteiger partial charge in [-0.25, -0.2) is 19.9 Å². The molecule has 5 aliphatic carbocycles. The molecule has 5 N–H and O–H groups in total. The number of hydrogen-bond acceptors (Lipinski definition) is 20. The maximum atomic E-state index is 12.3. The van der Waals surface area contributed by atoms with E-state index in [-0.39, 0.29) is 29.7 Å². The molecule has 103 heavy (non-hydrogen) atoms. The number of hydrogen-bond donors (Lipinski definition) is 5. The fourth-order valence-corrected chi connectivity index (χ4v) is 12.8. The normalized spacial score (nSPS) is 14.4. The van der Waals surface area contributed by atoms with E-state index in [0.29, 0.717) is 120 Å². The van der Waals surface area contributed by atoms with Crippen LogP contribution in [0.4, 0.5) is 5.95 Å². The Kier molecular flexibility index (Phi) is 18.9. The van der Waals surface area contributed by atoms with E-state index in [0.717, 1.165) is 56.0 Å². The number of rotatable bonds is 10. The van der Waals surface area contributed by atoms with Gasteiger partial charge in [0.05, 0.1) is 6.61 Å². The number of fused-ring (bicyclic) bond motifs is 15. The third-order valence-electron chi connectivity index (χ3n) is 18.4. The van der Waals surface area contributed by atoms with Gasteiger partial charge in [-0.05, 0) is 52.8 Å². The Morgan fingerprint density at radius 3 is 1.26 bits per heavy atom. The van der Waals surface area contributed by atoms with Gasteiger partial charge < -0.3 is 44.3 Å². The summed E-state index contributed by atoms with van der Waals surface area (Å²) in [4.78, 5) is 160. The predicted molar refractivity (Wildman–Crippen MR) is 378 cm³/mol. The van der Waals surface area contributed by atoms with Crippen LogP contribution in [0.25, 0.3) is 56.3 Å². The summed E-state index contributed by atoms with van der Waals surface area (Å²) in [5, 5.41) is 9.95. The molecule has 6 aromatic carbocycles. The summed E-state index contributed by atoms with van der Waals surface area (Å²) in [7, 11) is 3.76. The molecule has 1 saturated heterocycles. The lowest BCUT2D eigenvalue weighted by molar-refractivity contribution is 0.0693. The number of H-pyrrole nitrogens is 4. The summed E-state index contributed by atoms with van der Waals surface area (Å²) in [6.45, 7) is 13.4. The zero-order chi connectivity index (χ0) is 72.7. The smallest absolute Gasteiger partial charge is 0.297 e. The van der Waals surface area contributed by atoms with Crippen LogP contribution in [-0.2, 0) is 19.3 Å². The van der Waals surface area contributed by atoms with Crippen LogP contribution in [0, 0.1) is 0 Å². The van der Waals surface area contributed by atoms with Crippen LogP contribution in [0.5, 0.6) is 11.8 Å². The summed E-state index contributed by atoms with van der Waals surface area (Å²) in [6, 6.07) is 44.8. The van der Waals surface area contributed by atoms with Gasteiger partial charge in [0, 0.05) is 94.8 Å². The van der Waals surface area contributed by atoms with E-state index in [9.17, 15) is 53.1 Å². The third kappa shape index (κ3) is 12.9. The topological polar surface area (TPSA) is 348 Å². The van der Waals surface area contributed by atoms with Crippen LogP contribution >= 0.6 is 0 Å². The Morgan fingerprint density at radius 2 is 0.806 bits per heavy atom. The summed E-state index contributed by atoms with van der Waals surface area (Å²) in [5.41, 5.74) is 8.33. The van der Waals surface area contributed by atoms with Crippen LogP contribution in [0.1, 0.15) is 175 Å². The lowest BCUT2D eigenvalue weighted by Gasteiger charge is -2.32. The van der Waals surface area contributed by atoms with Gasteiger partial charge in [0.15, 0.2) is 0 Å². The molecule has 0 radical (unpaired) electrons. The van der Waals surface area contributed by atoms with Gasteiger partial charge in [-0.2, -0.15) is 4.98 Å². The van der Waals surface area contributed by atoms with Crippen molar-refractivity contribution >= 4 is 63.8 Å². The molecule has 11 aromatic rings. The third-order valence-corrected chi connectivity index (χ3v) is 18.4. The molecular weight excluding hydrogens is 1310 g/mol. The van der Waals surface area contributed by atoms with Crippen LogP contribution in [-0.4, -0.2) is 157 Å². The minimum absolute atomic E-state index is 0.154. The number of ketones is 10. The molecule has 6 heterocycles. The number of carbonyl (C=O) groups is 10. The largest absolute Gasteiger partial charge is 0.486 e. The zero-order valence-electron chi connectivity index (χ0n) is 57.1. The number of piperazine rings is 1. The first-order valence-corrected chi connectivity index (χ1v) is 33.4. The molecule has 17 rings (SSSR count). The number of aromatic amines is 4. The van der Waals surface area contributed by atoms with Crippen molar-refractivity contribution in [2.24, 2.45) is 7.05 Å². The maximum Gasteiger partial charge on any atom is 0.297 e. The van der Waals surface area contributed by atoms with Gasteiger partial charge in [-0.1, -0.05) is 153 Å². The quantitative estimate of drug-likeness (QED) is 0.0794. The molecule has 0 atom stereocenters.